The Labute approximate surface area is 147 Å². The standard InChI is InChI=1S/C19H33O4P/c1-9-10-19(7,8)18-15(6)11-16(12-17(18)20)24(21,22-13(2)3)23-14(4)5/h11-14,20H,9-10H2,1-8H3. The number of phenolic OH excluding ortho intramolecular Hbond substituents is 1. The third-order valence-corrected chi connectivity index (χ3v) is 6.16. The van der Waals surface area contributed by atoms with E-state index in [2.05, 4.69) is 20.8 Å². The van der Waals surface area contributed by atoms with Gasteiger partial charge < -0.3 is 14.2 Å². The normalized spacial score (nSPS) is 13.1. The van der Waals surface area contributed by atoms with Gasteiger partial charge in [0.1, 0.15) is 5.75 Å². The highest BCUT2D eigenvalue weighted by Crippen LogP contribution is 2.51. The fraction of sp³-hybridized carbons (Fsp3) is 0.684. The van der Waals surface area contributed by atoms with Crippen molar-refractivity contribution in [1.82, 2.24) is 0 Å². The summed E-state index contributed by atoms with van der Waals surface area (Å²) in [5.41, 5.74) is 1.65. The lowest BCUT2D eigenvalue weighted by Gasteiger charge is -2.29. The Hall–Kier alpha value is -0.830. The van der Waals surface area contributed by atoms with Crippen LogP contribution in [0.4, 0.5) is 0 Å². The maximum absolute atomic E-state index is 13.3. The summed E-state index contributed by atoms with van der Waals surface area (Å²) in [4.78, 5) is 0. The number of hydrogen-bond acceptors (Lipinski definition) is 4. The number of hydrogen-bond donors (Lipinski definition) is 1. The van der Waals surface area contributed by atoms with Crippen molar-refractivity contribution in [3.05, 3.63) is 23.3 Å². The second-order valence-corrected chi connectivity index (χ2v) is 9.53. The van der Waals surface area contributed by atoms with Crippen LogP contribution in [-0.2, 0) is 19.0 Å². The summed E-state index contributed by atoms with van der Waals surface area (Å²) in [5.74, 6) is 0.156. The Kier molecular flexibility index (Phi) is 7.10. The summed E-state index contributed by atoms with van der Waals surface area (Å²) in [5, 5.41) is 11.0. The Bertz CT molecular complexity index is 568. The summed E-state index contributed by atoms with van der Waals surface area (Å²) in [6.45, 7) is 15.6. The summed E-state index contributed by atoms with van der Waals surface area (Å²) >= 11 is 0. The van der Waals surface area contributed by atoms with Crippen LogP contribution in [0.5, 0.6) is 5.75 Å². The van der Waals surface area contributed by atoms with Gasteiger partial charge in [-0.25, -0.2) is 0 Å². The van der Waals surface area contributed by atoms with Crippen molar-refractivity contribution < 1.29 is 18.7 Å². The summed E-state index contributed by atoms with van der Waals surface area (Å²) < 4.78 is 24.6. The van der Waals surface area contributed by atoms with E-state index in [4.69, 9.17) is 9.05 Å². The highest BCUT2D eigenvalue weighted by atomic mass is 31.2. The lowest BCUT2D eigenvalue weighted by Crippen LogP contribution is -2.22. The van der Waals surface area contributed by atoms with E-state index in [1.165, 1.54) is 0 Å². The van der Waals surface area contributed by atoms with E-state index >= 15 is 0 Å². The Morgan fingerprint density at radius 3 is 2.00 bits per heavy atom. The first kappa shape index (κ1) is 21.2. The topological polar surface area (TPSA) is 55.8 Å². The molecule has 1 rings (SSSR count). The van der Waals surface area contributed by atoms with E-state index in [9.17, 15) is 9.67 Å². The molecule has 1 N–H and O–H groups in total. The molecule has 0 unspecified atom stereocenters. The fourth-order valence-corrected chi connectivity index (χ4v) is 5.28. The van der Waals surface area contributed by atoms with Gasteiger partial charge in [0.25, 0.3) is 0 Å². The molecule has 138 valence electrons. The van der Waals surface area contributed by atoms with Crippen LogP contribution < -0.4 is 5.30 Å². The van der Waals surface area contributed by atoms with Gasteiger partial charge in [0, 0.05) is 5.56 Å². The zero-order valence-corrected chi connectivity index (χ0v) is 17.2. The zero-order valence-electron chi connectivity index (χ0n) is 16.3. The quantitative estimate of drug-likeness (QED) is 0.630. The van der Waals surface area contributed by atoms with Crippen LogP contribution in [0.2, 0.25) is 0 Å². The van der Waals surface area contributed by atoms with E-state index in [1.807, 2.05) is 40.7 Å². The molecule has 0 aliphatic carbocycles. The predicted octanol–water partition coefficient (Wildman–Crippen LogP) is 5.45. The molecule has 0 spiro atoms. The van der Waals surface area contributed by atoms with Crippen LogP contribution in [-0.4, -0.2) is 17.3 Å². The lowest BCUT2D eigenvalue weighted by atomic mass is 9.78. The third-order valence-electron chi connectivity index (χ3n) is 3.87. The summed E-state index contributed by atoms with van der Waals surface area (Å²) in [6.07, 6.45) is 1.50. The van der Waals surface area contributed by atoms with Gasteiger partial charge in [-0.1, -0.05) is 27.2 Å². The number of aryl methyl sites for hydroxylation is 1. The molecular weight excluding hydrogens is 323 g/mol. The predicted molar refractivity (Wildman–Crippen MR) is 100 cm³/mol. The molecule has 24 heavy (non-hydrogen) atoms. The van der Waals surface area contributed by atoms with Crippen molar-refractivity contribution >= 4 is 12.9 Å². The zero-order chi connectivity index (χ0) is 18.7. The minimum absolute atomic E-state index is 0.150. The summed E-state index contributed by atoms with van der Waals surface area (Å²) in [6, 6.07) is 3.38. The third kappa shape index (κ3) is 5.08. The molecule has 0 saturated carbocycles. The van der Waals surface area contributed by atoms with Crippen LogP contribution in [0.15, 0.2) is 12.1 Å². The lowest BCUT2D eigenvalue weighted by molar-refractivity contribution is 0.150. The molecule has 0 aliphatic rings. The van der Waals surface area contributed by atoms with Crippen molar-refractivity contribution in [1.29, 1.82) is 0 Å². The number of benzene rings is 1. The van der Waals surface area contributed by atoms with Crippen LogP contribution in [0.25, 0.3) is 0 Å². The van der Waals surface area contributed by atoms with E-state index in [0.29, 0.717) is 5.30 Å². The molecule has 5 heteroatoms. The molecule has 4 nitrogen and oxygen atoms in total. The van der Waals surface area contributed by atoms with E-state index < -0.39 is 7.60 Å². The van der Waals surface area contributed by atoms with Gasteiger partial charge in [0.2, 0.25) is 0 Å². The molecule has 1 aromatic rings. The average Bonchev–Trinajstić information content (AvgIpc) is 2.34. The highest BCUT2D eigenvalue weighted by Gasteiger charge is 2.33. The van der Waals surface area contributed by atoms with Crippen molar-refractivity contribution in [2.24, 2.45) is 0 Å². The maximum atomic E-state index is 13.3. The van der Waals surface area contributed by atoms with E-state index in [-0.39, 0.29) is 23.4 Å². The Balaban J connectivity index is 3.42. The molecule has 0 aliphatic heterocycles. The fourth-order valence-electron chi connectivity index (χ4n) is 3.24. The van der Waals surface area contributed by atoms with Crippen LogP contribution >= 0.6 is 7.60 Å². The van der Waals surface area contributed by atoms with Crippen molar-refractivity contribution in [3.8, 4) is 5.75 Å². The van der Waals surface area contributed by atoms with Crippen LogP contribution in [0.3, 0.4) is 0 Å². The minimum Gasteiger partial charge on any atom is -0.508 e. The van der Waals surface area contributed by atoms with E-state index in [1.54, 1.807) is 6.07 Å². The van der Waals surface area contributed by atoms with Gasteiger partial charge >= 0.3 is 7.60 Å². The van der Waals surface area contributed by atoms with Crippen molar-refractivity contribution in [3.63, 3.8) is 0 Å². The van der Waals surface area contributed by atoms with Gasteiger partial charge in [-0.15, -0.1) is 0 Å². The molecular formula is C19H33O4P. The largest absolute Gasteiger partial charge is 0.508 e. The SMILES string of the molecule is CCCC(C)(C)c1c(C)cc(P(=O)(OC(C)C)OC(C)C)cc1O. The van der Waals surface area contributed by atoms with Crippen LogP contribution in [0.1, 0.15) is 72.4 Å². The molecule has 0 fully saturated rings. The monoisotopic (exact) mass is 356 g/mol. The molecule has 0 heterocycles. The first-order valence-corrected chi connectivity index (χ1v) is 10.3. The molecule has 0 aromatic heterocycles. The smallest absolute Gasteiger partial charge is 0.361 e. The molecule has 0 bridgehead atoms. The highest BCUT2D eigenvalue weighted by molar-refractivity contribution is 7.62. The van der Waals surface area contributed by atoms with Crippen molar-refractivity contribution in [2.45, 2.75) is 85.9 Å². The van der Waals surface area contributed by atoms with E-state index in [0.717, 1.165) is 24.0 Å². The first-order chi connectivity index (χ1) is 10.9. The van der Waals surface area contributed by atoms with Gasteiger partial charge in [0.05, 0.1) is 17.5 Å². The van der Waals surface area contributed by atoms with Gasteiger partial charge in [0.15, 0.2) is 0 Å². The second kappa shape index (κ2) is 8.03. The second-order valence-electron chi connectivity index (χ2n) is 7.60. The maximum Gasteiger partial charge on any atom is 0.361 e. The first-order valence-electron chi connectivity index (χ1n) is 8.74. The minimum atomic E-state index is -3.49. The van der Waals surface area contributed by atoms with Crippen LogP contribution in [0, 0.1) is 6.92 Å². The van der Waals surface area contributed by atoms with Gasteiger partial charge in [-0.3, -0.25) is 4.57 Å². The molecule has 0 atom stereocenters. The number of rotatable bonds is 8. The molecule has 0 radical (unpaired) electrons. The Morgan fingerprint density at radius 2 is 1.62 bits per heavy atom. The Morgan fingerprint density at radius 1 is 1.12 bits per heavy atom. The summed E-state index contributed by atoms with van der Waals surface area (Å²) in [7, 11) is -3.49. The van der Waals surface area contributed by atoms with Gasteiger partial charge in [-0.2, -0.15) is 0 Å². The average molecular weight is 356 g/mol. The van der Waals surface area contributed by atoms with Crippen molar-refractivity contribution in [2.75, 3.05) is 0 Å². The molecule has 0 saturated heterocycles. The molecule has 0 amide bonds. The van der Waals surface area contributed by atoms with Gasteiger partial charge in [-0.05, 0) is 64.2 Å². The molecule has 1 aromatic carbocycles. The number of aromatic hydroxyl groups is 1. The number of phenols is 1.